The maximum atomic E-state index is 12.8. The highest BCUT2D eigenvalue weighted by Crippen LogP contribution is 2.50. The van der Waals surface area contributed by atoms with E-state index in [-0.39, 0.29) is 23.8 Å². The first kappa shape index (κ1) is 16.1. The minimum Gasteiger partial charge on any atom is -0.388 e. The molecule has 2 aliphatic rings. The molecule has 1 N–H and O–H groups in total. The highest BCUT2D eigenvalue weighted by Gasteiger charge is 2.49. The molecule has 120 valence electrons. The van der Waals surface area contributed by atoms with Crippen LogP contribution < -0.4 is 0 Å². The minimum atomic E-state index is -0.851. The van der Waals surface area contributed by atoms with Crippen LogP contribution in [0.4, 0.5) is 0 Å². The van der Waals surface area contributed by atoms with E-state index in [9.17, 15) is 9.90 Å². The summed E-state index contributed by atoms with van der Waals surface area (Å²) in [4.78, 5) is 14.6. The molecule has 0 aromatic heterocycles. The Kier molecular flexibility index (Phi) is 4.17. The van der Waals surface area contributed by atoms with Crippen molar-refractivity contribution in [3.63, 3.8) is 0 Å². The quantitative estimate of drug-likeness (QED) is 0.906. The first-order valence-electron chi connectivity index (χ1n) is 7.76. The fourth-order valence-electron chi connectivity index (χ4n) is 3.60. The zero-order valence-electron chi connectivity index (χ0n) is 12.9. The van der Waals surface area contributed by atoms with E-state index in [1.165, 1.54) is 0 Å². The normalized spacial score (nSPS) is 28.0. The molecule has 1 aliphatic heterocycles. The van der Waals surface area contributed by atoms with Crippen molar-refractivity contribution >= 4 is 29.1 Å². The Bertz CT molecular complexity index is 577. The van der Waals surface area contributed by atoms with Gasteiger partial charge in [-0.1, -0.05) is 23.2 Å². The Labute approximate surface area is 141 Å². The van der Waals surface area contributed by atoms with Crippen LogP contribution in [0.1, 0.15) is 44.6 Å². The third-order valence-corrected chi connectivity index (χ3v) is 5.21. The number of likely N-dealkylation sites (tertiary alicyclic amines) is 1. The molecule has 3 unspecified atom stereocenters. The number of benzene rings is 1. The lowest BCUT2D eigenvalue weighted by atomic mass is 9.96. The molecule has 0 radical (unpaired) electrons. The van der Waals surface area contributed by atoms with Gasteiger partial charge < -0.3 is 10.0 Å². The van der Waals surface area contributed by atoms with Gasteiger partial charge in [0.1, 0.15) is 0 Å². The van der Waals surface area contributed by atoms with Crippen LogP contribution in [0.2, 0.25) is 10.0 Å². The van der Waals surface area contributed by atoms with Gasteiger partial charge in [-0.3, -0.25) is 4.79 Å². The third kappa shape index (κ3) is 3.12. The molecular formula is C17H21Cl2NO2. The Morgan fingerprint density at radius 1 is 1.27 bits per heavy atom. The van der Waals surface area contributed by atoms with E-state index in [1.54, 1.807) is 19.9 Å². The molecule has 0 spiro atoms. The van der Waals surface area contributed by atoms with Crippen molar-refractivity contribution in [1.29, 1.82) is 0 Å². The van der Waals surface area contributed by atoms with Gasteiger partial charge in [0.15, 0.2) is 0 Å². The van der Waals surface area contributed by atoms with E-state index < -0.39 is 5.60 Å². The molecule has 1 saturated heterocycles. The Morgan fingerprint density at radius 3 is 2.50 bits per heavy atom. The molecule has 1 saturated carbocycles. The zero-order valence-corrected chi connectivity index (χ0v) is 14.4. The number of carbonyl (C=O) groups is 1. The van der Waals surface area contributed by atoms with Gasteiger partial charge in [-0.15, -0.1) is 0 Å². The molecule has 1 amide bonds. The van der Waals surface area contributed by atoms with Crippen molar-refractivity contribution < 1.29 is 9.90 Å². The summed E-state index contributed by atoms with van der Waals surface area (Å²) in [6.07, 6.45) is 2.67. The number of nitrogens with zero attached hydrogens (tertiary/aromatic N) is 1. The van der Waals surface area contributed by atoms with Crippen molar-refractivity contribution in [1.82, 2.24) is 4.90 Å². The van der Waals surface area contributed by atoms with Crippen molar-refractivity contribution in [2.24, 2.45) is 5.92 Å². The fourth-order valence-corrected chi connectivity index (χ4v) is 4.15. The summed E-state index contributed by atoms with van der Waals surface area (Å²) in [7, 11) is 0. The summed E-state index contributed by atoms with van der Waals surface area (Å²) < 4.78 is 0. The second kappa shape index (κ2) is 5.70. The first-order valence-corrected chi connectivity index (χ1v) is 8.52. The Balaban J connectivity index is 1.73. The van der Waals surface area contributed by atoms with E-state index in [2.05, 4.69) is 0 Å². The number of aliphatic hydroxyl groups is 1. The van der Waals surface area contributed by atoms with Crippen LogP contribution in [-0.2, 0) is 4.79 Å². The van der Waals surface area contributed by atoms with Crippen LogP contribution in [0.15, 0.2) is 18.2 Å². The lowest BCUT2D eigenvalue weighted by molar-refractivity contribution is -0.138. The summed E-state index contributed by atoms with van der Waals surface area (Å²) in [5.41, 5.74) is 0.186. The second-order valence-electron chi connectivity index (χ2n) is 6.99. The largest absolute Gasteiger partial charge is 0.388 e. The molecule has 1 heterocycles. The maximum Gasteiger partial charge on any atom is 0.226 e. The second-order valence-corrected chi connectivity index (χ2v) is 7.87. The van der Waals surface area contributed by atoms with Crippen LogP contribution in [0.5, 0.6) is 0 Å². The fraction of sp³-hybridized carbons (Fsp3) is 0.588. The van der Waals surface area contributed by atoms with Gasteiger partial charge in [0.05, 0.1) is 11.6 Å². The van der Waals surface area contributed by atoms with E-state index >= 15 is 0 Å². The number of hydrogen-bond donors (Lipinski definition) is 1. The van der Waals surface area contributed by atoms with Gasteiger partial charge >= 0.3 is 0 Å². The van der Waals surface area contributed by atoms with Gasteiger partial charge in [-0.25, -0.2) is 0 Å². The van der Waals surface area contributed by atoms with Crippen molar-refractivity contribution in [3.05, 3.63) is 33.8 Å². The average molecular weight is 342 g/mol. The average Bonchev–Trinajstić information content (AvgIpc) is 3.03. The molecular weight excluding hydrogens is 321 g/mol. The summed E-state index contributed by atoms with van der Waals surface area (Å²) in [6, 6.07) is 5.41. The molecule has 1 aliphatic carbocycles. The Morgan fingerprint density at radius 2 is 1.91 bits per heavy atom. The lowest BCUT2D eigenvalue weighted by Crippen LogP contribution is -2.48. The van der Waals surface area contributed by atoms with Gasteiger partial charge in [-0.2, -0.15) is 0 Å². The minimum absolute atomic E-state index is 0.00233. The van der Waals surface area contributed by atoms with Gasteiger partial charge in [-0.05, 0) is 62.8 Å². The number of carbonyl (C=O) groups excluding carboxylic acids is 1. The first-order chi connectivity index (χ1) is 10.3. The molecule has 1 aromatic rings. The van der Waals surface area contributed by atoms with Crippen LogP contribution in [0.3, 0.4) is 0 Å². The van der Waals surface area contributed by atoms with Crippen molar-refractivity contribution in [3.8, 4) is 0 Å². The molecule has 2 fully saturated rings. The predicted molar refractivity (Wildman–Crippen MR) is 88.3 cm³/mol. The summed E-state index contributed by atoms with van der Waals surface area (Å²) in [6.45, 7) is 4.31. The SMILES string of the molecule is CC(C)(O)C1CCCN1C(=O)C1CC1c1cc(Cl)cc(Cl)c1. The van der Waals surface area contributed by atoms with Crippen LogP contribution in [0.25, 0.3) is 0 Å². The number of amides is 1. The number of hydrogen-bond acceptors (Lipinski definition) is 2. The van der Waals surface area contributed by atoms with Crippen molar-refractivity contribution in [2.75, 3.05) is 6.54 Å². The van der Waals surface area contributed by atoms with E-state index in [4.69, 9.17) is 23.2 Å². The van der Waals surface area contributed by atoms with Gasteiger partial charge in [0.25, 0.3) is 0 Å². The Hall–Kier alpha value is -0.770. The van der Waals surface area contributed by atoms with Crippen LogP contribution in [0, 0.1) is 5.92 Å². The summed E-state index contributed by atoms with van der Waals surface area (Å²) in [5, 5.41) is 11.5. The molecule has 3 nitrogen and oxygen atoms in total. The monoisotopic (exact) mass is 341 g/mol. The smallest absolute Gasteiger partial charge is 0.226 e. The highest BCUT2D eigenvalue weighted by molar-refractivity contribution is 6.34. The van der Waals surface area contributed by atoms with E-state index in [0.29, 0.717) is 10.0 Å². The molecule has 5 heteroatoms. The van der Waals surface area contributed by atoms with Gasteiger partial charge in [0, 0.05) is 22.5 Å². The predicted octanol–water partition coefficient (Wildman–Crippen LogP) is 3.86. The third-order valence-electron chi connectivity index (χ3n) is 4.77. The lowest BCUT2D eigenvalue weighted by Gasteiger charge is -2.34. The van der Waals surface area contributed by atoms with Crippen LogP contribution in [-0.4, -0.2) is 34.1 Å². The van der Waals surface area contributed by atoms with Gasteiger partial charge in [0.2, 0.25) is 5.91 Å². The molecule has 3 atom stereocenters. The standard InChI is InChI=1S/C17H21Cl2NO2/c1-17(2,22)15-4-3-5-20(15)16(21)14-9-13(14)10-6-11(18)8-12(19)7-10/h6-8,13-15,22H,3-5,9H2,1-2H3. The zero-order chi connectivity index (χ0) is 16.1. The number of halogens is 2. The maximum absolute atomic E-state index is 12.8. The van der Waals surface area contributed by atoms with Crippen LogP contribution >= 0.6 is 23.2 Å². The summed E-state index contributed by atoms with van der Waals surface area (Å²) in [5.74, 6) is 0.356. The van der Waals surface area contributed by atoms with Crippen molar-refractivity contribution in [2.45, 2.75) is 50.7 Å². The molecule has 1 aromatic carbocycles. The summed E-state index contributed by atoms with van der Waals surface area (Å²) >= 11 is 12.1. The topological polar surface area (TPSA) is 40.5 Å². The molecule has 22 heavy (non-hydrogen) atoms. The number of rotatable bonds is 3. The molecule has 0 bridgehead atoms. The van der Waals surface area contributed by atoms with E-state index in [0.717, 1.165) is 31.4 Å². The molecule has 3 rings (SSSR count). The highest BCUT2D eigenvalue weighted by atomic mass is 35.5. The van der Waals surface area contributed by atoms with E-state index in [1.807, 2.05) is 17.0 Å².